The van der Waals surface area contributed by atoms with Gasteiger partial charge in [-0.3, -0.25) is 4.79 Å². The highest BCUT2D eigenvalue weighted by Gasteiger charge is 2.39. The molecule has 8 heteroatoms. The standard InChI is InChI=1S/C15H8F6O2/c16-14(17,18)10-4-5-13(12(7-10)15(19,20)21)23-11-3-1-2-9(6-11)8-22/h1-8H. The lowest BCUT2D eigenvalue weighted by Crippen LogP contribution is -2.11. The van der Waals surface area contributed by atoms with Gasteiger partial charge in [0.2, 0.25) is 0 Å². The fourth-order valence-corrected chi connectivity index (χ4v) is 1.80. The van der Waals surface area contributed by atoms with E-state index in [1.165, 1.54) is 24.3 Å². The zero-order chi connectivity index (χ0) is 17.3. The number of ether oxygens (including phenoxy) is 1. The lowest BCUT2D eigenvalue weighted by atomic mass is 10.1. The van der Waals surface area contributed by atoms with Crippen LogP contribution in [-0.4, -0.2) is 6.29 Å². The molecule has 0 atom stereocenters. The van der Waals surface area contributed by atoms with Gasteiger partial charge in [0.25, 0.3) is 0 Å². The first kappa shape index (κ1) is 16.9. The third kappa shape index (κ3) is 4.02. The Morgan fingerprint density at radius 3 is 2.13 bits per heavy atom. The van der Waals surface area contributed by atoms with Crippen molar-refractivity contribution in [1.29, 1.82) is 0 Å². The van der Waals surface area contributed by atoms with Gasteiger partial charge in [-0.25, -0.2) is 0 Å². The SMILES string of the molecule is O=Cc1cccc(Oc2ccc(C(F)(F)F)cc2C(F)(F)F)c1. The number of hydrogen-bond donors (Lipinski definition) is 0. The number of hydrogen-bond acceptors (Lipinski definition) is 2. The molecule has 0 amide bonds. The molecule has 23 heavy (non-hydrogen) atoms. The Morgan fingerprint density at radius 1 is 0.870 bits per heavy atom. The van der Waals surface area contributed by atoms with E-state index in [-0.39, 0.29) is 17.4 Å². The van der Waals surface area contributed by atoms with Crippen molar-refractivity contribution < 1.29 is 35.9 Å². The number of alkyl halides is 6. The van der Waals surface area contributed by atoms with Gasteiger partial charge < -0.3 is 4.74 Å². The molecule has 2 rings (SSSR count). The van der Waals surface area contributed by atoms with Crippen molar-refractivity contribution in [2.75, 3.05) is 0 Å². The highest BCUT2D eigenvalue weighted by atomic mass is 19.4. The molecule has 0 fully saturated rings. The summed E-state index contributed by atoms with van der Waals surface area (Å²) in [5.74, 6) is -0.881. The fraction of sp³-hybridized carbons (Fsp3) is 0.133. The van der Waals surface area contributed by atoms with E-state index in [1.54, 1.807) is 0 Å². The molecule has 0 radical (unpaired) electrons. The molecule has 0 aromatic heterocycles. The molecular formula is C15H8F6O2. The number of benzene rings is 2. The zero-order valence-corrected chi connectivity index (χ0v) is 11.2. The first-order chi connectivity index (χ1) is 10.6. The number of halogens is 6. The molecule has 0 aliphatic rings. The van der Waals surface area contributed by atoms with Gasteiger partial charge in [-0.15, -0.1) is 0 Å². The molecule has 0 bridgehead atoms. The minimum atomic E-state index is -5.03. The van der Waals surface area contributed by atoms with Crippen LogP contribution in [0, 0.1) is 0 Å². The van der Waals surface area contributed by atoms with E-state index in [0.29, 0.717) is 18.4 Å². The number of carbonyl (C=O) groups excluding carboxylic acids is 1. The molecule has 0 aliphatic heterocycles. The quantitative estimate of drug-likeness (QED) is 0.560. The zero-order valence-electron chi connectivity index (χ0n) is 11.2. The monoisotopic (exact) mass is 334 g/mol. The minimum absolute atomic E-state index is 0.0150. The van der Waals surface area contributed by atoms with E-state index in [0.717, 1.165) is 0 Å². The van der Waals surface area contributed by atoms with Crippen molar-refractivity contribution in [2.24, 2.45) is 0 Å². The second-order valence-electron chi connectivity index (χ2n) is 4.50. The summed E-state index contributed by atoms with van der Waals surface area (Å²) < 4.78 is 81.6. The molecule has 0 heterocycles. The topological polar surface area (TPSA) is 26.3 Å². The maximum Gasteiger partial charge on any atom is 0.420 e. The summed E-state index contributed by atoms with van der Waals surface area (Å²) in [4.78, 5) is 10.6. The van der Waals surface area contributed by atoms with Gasteiger partial charge in [-0.05, 0) is 30.3 Å². The van der Waals surface area contributed by atoms with Gasteiger partial charge in [-0.1, -0.05) is 12.1 Å². The van der Waals surface area contributed by atoms with Gasteiger partial charge in [0.1, 0.15) is 17.8 Å². The van der Waals surface area contributed by atoms with Gasteiger partial charge in [0, 0.05) is 5.56 Å². The van der Waals surface area contributed by atoms with Crippen molar-refractivity contribution >= 4 is 6.29 Å². The predicted molar refractivity (Wildman–Crippen MR) is 68.3 cm³/mol. The van der Waals surface area contributed by atoms with Crippen molar-refractivity contribution in [2.45, 2.75) is 12.4 Å². The smallest absolute Gasteiger partial charge is 0.420 e. The molecule has 2 aromatic carbocycles. The van der Waals surface area contributed by atoms with E-state index < -0.39 is 29.2 Å². The van der Waals surface area contributed by atoms with Crippen LogP contribution in [0.2, 0.25) is 0 Å². The maximum atomic E-state index is 13.0. The molecular weight excluding hydrogens is 326 g/mol. The first-order valence-corrected chi connectivity index (χ1v) is 6.13. The molecule has 2 nitrogen and oxygen atoms in total. The molecule has 0 aliphatic carbocycles. The van der Waals surface area contributed by atoms with Crippen molar-refractivity contribution in [3.8, 4) is 11.5 Å². The summed E-state index contributed by atoms with van der Waals surface area (Å²) in [7, 11) is 0. The Labute approximate surface area is 126 Å². The van der Waals surface area contributed by atoms with E-state index in [1.807, 2.05) is 0 Å². The van der Waals surface area contributed by atoms with E-state index in [9.17, 15) is 31.1 Å². The number of carbonyl (C=O) groups is 1. The lowest BCUT2D eigenvalue weighted by molar-refractivity contribution is -0.143. The largest absolute Gasteiger partial charge is 0.457 e. The Morgan fingerprint density at radius 2 is 1.57 bits per heavy atom. The predicted octanol–water partition coefficient (Wildman–Crippen LogP) is 5.33. The molecule has 0 N–H and O–H groups in total. The van der Waals surface area contributed by atoms with Crippen LogP contribution in [0.5, 0.6) is 11.5 Å². The van der Waals surface area contributed by atoms with Crippen molar-refractivity contribution in [3.63, 3.8) is 0 Å². The van der Waals surface area contributed by atoms with Crippen molar-refractivity contribution in [1.82, 2.24) is 0 Å². The van der Waals surface area contributed by atoms with Gasteiger partial charge in [-0.2, -0.15) is 26.3 Å². The van der Waals surface area contributed by atoms with Crippen LogP contribution in [0.25, 0.3) is 0 Å². The summed E-state index contributed by atoms with van der Waals surface area (Å²) in [6, 6.07) is 6.30. The molecule has 0 saturated heterocycles. The van der Waals surface area contributed by atoms with Gasteiger partial charge >= 0.3 is 12.4 Å². The van der Waals surface area contributed by atoms with Gasteiger partial charge in [0.05, 0.1) is 11.1 Å². The van der Waals surface area contributed by atoms with E-state index >= 15 is 0 Å². The molecule has 0 saturated carbocycles. The summed E-state index contributed by atoms with van der Waals surface area (Å²) >= 11 is 0. The molecule has 122 valence electrons. The highest BCUT2D eigenvalue weighted by molar-refractivity contribution is 5.75. The summed E-state index contributed by atoms with van der Waals surface area (Å²) in [6.07, 6.45) is -9.47. The Balaban J connectivity index is 2.47. The van der Waals surface area contributed by atoms with Crippen LogP contribution >= 0.6 is 0 Å². The minimum Gasteiger partial charge on any atom is -0.457 e. The lowest BCUT2D eigenvalue weighted by Gasteiger charge is -2.16. The summed E-state index contributed by atoms with van der Waals surface area (Å²) in [6.45, 7) is 0. The van der Waals surface area contributed by atoms with Crippen LogP contribution in [0.3, 0.4) is 0 Å². The van der Waals surface area contributed by atoms with E-state index in [2.05, 4.69) is 0 Å². The maximum absolute atomic E-state index is 13.0. The fourth-order valence-electron chi connectivity index (χ4n) is 1.80. The average molecular weight is 334 g/mol. The third-order valence-electron chi connectivity index (χ3n) is 2.83. The van der Waals surface area contributed by atoms with Crippen LogP contribution in [0.1, 0.15) is 21.5 Å². The summed E-state index contributed by atoms with van der Waals surface area (Å²) in [5.41, 5.74) is -2.83. The normalized spacial score (nSPS) is 12.1. The molecule has 0 unspecified atom stereocenters. The Kier molecular flexibility index (Phi) is 4.35. The van der Waals surface area contributed by atoms with Crippen LogP contribution in [0.15, 0.2) is 42.5 Å². The second-order valence-corrected chi connectivity index (χ2v) is 4.50. The molecule has 2 aromatic rings. The van der Waals surface area contributed by atoms with E-state index in [4.69, 9.17) is 4.74 Å². The highest BCUT2D eigenvalue weighted by Crippen LogP contribution is 2.41. The van der Waals surface area contributed by atoms with Crippen LogP contribution in [-0.2, 0) is 12.4 Å². The molecule has 0 spiro atoms. The second kappa shape index (κ2) is 5.94. The van der Waals surface area contributed by atoms with Crippen molar-refractivity contribution in [3.05, 3.63) is 59.2 Å². The van der Waals surface area contributed by atoms with Gasteiger partial charge in [0.15, 0.2) is 0 Å². The average Bonchev–Trinajstić information content (AvgIpc) is 2.45. The number of rotatable bonds is 3. The first-order valence-electron chi connectivity index (χ1n) is 6.13. The van der Waals surface area contributed by atoms with Crippen LogP contribution in [0.4, 0.5) is 26.3 Å². The Bertz CT molecular complexity index is 719. The third-order valence-corrected chi connectivity index (χ3v) is 2.83. The van der Waals surface area contributed by atoms with Crippen LogP contribution < -0.4 is 4.74 Å². The Hall–Kier alpha value is -2.51. The number of aldehydes is 1. The summed E-state index contributed by atoms with van der Waals surface area (Å²) in [5, 5.41) is 0.